The topological polar surface area (TPSA) is 35.5 Å². The second-order valence-corrected chi connectivity index (χ2v) is 6.11. The molecule has 0 unspecified atom stereocenters. The van der Waals surface area contributed by atoms with Crippen LogP contribution >= 0.6 is 0 Å². The molecule has 1 atom stereocenters. The lowest BCUT2D eigenvalue weighted by molar-refractivity contribution is -0.105. The molecule has 3 nitrogen and oxygen atoms in total. The van der Waals surface area contributed by atoms with E-state index >= 15 is 0 Å². The van der Waals surface area contributed by atoms with E-state index in [0.29, 0.717) is 11.3 Å². The minimum atomic E-state index is -0.157. The fourth-order valence-corrected chi connectivity index (χ4v) is 3.37. The average Bonchev–Trinajstić information content (AvgIpc) is 2.73. The van der Waals surface area contributed by atoms with Crippen LogP contribution in [0.1, 0.15) is 22.6 Å². The second-order valence-electron chi connectivity index (χ2n) is 6.11. The summed E-state index contributed by atoms with van der Waals surface area (Å²) in [7, 11) is 1.63. The van der Waals surface area contributed by atoms with E-state index in [0.717, 1.165) is 34.5 Å². The standard InChI is InChI=1S/C23H18O3/c1-25-18-13-11-17(12-14-18)23-20(15-24)22(16-7-3-2-4-8-16)19-9-5-6-10-21(19)26-23/h2-15,22H,1H3/t22-/m0/s1. The normalized spacial score (nSPS) is 15.8. The van der Waals surface area contributed by atoms with Crippen molar-refractivity contribution in [3.05, 3.63) is 101 Å². The van der Waals surface area contributed by atoms with Gasteiger partial charge in [-0.15, -0.1) is 0 Å². The molecule has 0 saturated carbocycles. The Hall–Kier alpha value is -3.33. The van der Waals surface area contributed by atoms with Gasteiger partial charge < -0.3 is 9.47 Å². The number of aldehydes is 1. The first-order chi connectivity index (χ1) is 12.8. The monoisotopic (exact) mass is 342 g/mol. The molecular formula is C23H18O3. The summed E-state index contributed by atoms with van der Waals surface area (Å²) in [5.41, 5.74) is 3.54. The van der Waals surface area contributed by atoms with Gasteiger partial charge in [-0.25, -0.2) is 0 Å². The predicted octanol–water partition coefficient (Wildman–Crippen LogP) is 4.83. The number of hydrogen-bond donors (Lipinski definition) is 0. The number of allylic oxidation sites excluding steroid dienone is 1. The summed E-state index contributed by atoms with van der Waals surface area (Å²) >= 11 is 0. The smallest absolute Gasteiger partial charge is 0.150 e. The van der Waals surface area contributed by atoms with Crippen LogP contribution in [0.25, 0.3) is 5.76 Å². The van der Waals surface area contributed by atoms with Crippen molar-refractivity contribution in [2.24, 2.45) is 0 Å². The van der Waals surface area contributed by atoms with Crippen LogP contribution in [0.4, 0.5) is 0 Å². The van der Waals surface area contributed by atoms with E-state index in [4.69, 9.17) is 9.47 Å². The third kappa shape index (κ3) is 2.78. The Labute approximate surface area is 152 Å². The molecule has 26 heavy (non-hydrogen) atoms. The zero-order chi connectivity index (χ0) is 17.9. The number of para-hydroxylation sites is 1. The van der Waals surface area contributed by atoms with Crippen molar-refractivity contribution in [3.63, 3.8) is 0 Å². The minimum Gasteiger partial charge on any atom is -0.497 e. The van der Waals surface area contributed by atoms with Crippen LogP contribution in [0, 0.1) is 0 Å². The lowest BCUT2D eigenvalue weighted by Gasteiger charge is -2.29. The minimum absolute atomic E-state index is 0.157. The Bertz CT molecular complexity index is 956. The first-order valence-electron chi connectivity index (χ1n) is 8.47. The van der Waals surface area contributed by atoms with Crippen LogP contribution in [0.15, 0.2) is 84.4 Å². The maximum absolute atomic E-state index is 12.1. The SMILES string of the molecule is COc1ccc(C2=C(C=O)[C@@H](c3ccccc3)c3ccccc3O2)cc1. The zero-order valence-electron chi connectivity index (χ0n) is 14.4. The summed E-state index contributed by atoms with van der Waals surface area (Å²) in [5.74, 6) is 1.97. The molecule has 0 saturated heterocycles. The van der Waals surface area contributed by atoms with Gasteiger partial charge in [-0.2, -0.15) is 0 Å². The van der Waals surface area contributed by atoms with Gasteiger partial charge in [0.15, 0.2) is 6.29 Å². The average molecular weight is 342 g/mol. The van der Waals surface area contributed by atoms with Crippen LogP contribution in [0.3, 0.4) is 0 Å². The Morgan fingerprint density at radius 1 is 0.885 bits per heavy atom. The highest BCUT2D eigenvalue weighted by molar-refractivity contribution is 5.91. The van der Waals surface area contributed by atoms with Crippen molar-refractivity contribution in [2.75, 3.05) is 7.11 Å². The van der Waals surface area contributed by atoms with Gasteiger partial charge in [-0.1, -0.05) is 48.5 Å². The van der Waals surface area contributed by atoms with Gasteiger partial charge in [0.1, 0.15) is 17.3 Å². The van der Waals surface area contributed by atoms with Crippen LogP contribution < -0.4 is 9.47 Å². The van der Waals surface area contributed by atoms with Gasteiger partial charge >= 0.3 is 0 Å². The summed E-state index contributed by atoms with van der Waals surface area (Å²) < 4.78 is 11.4. The van der Waals surface area contributed by atoms with Crippen molar-refractivity contribution in [3.8, 4) is 11.5 Å². The number of hydrogen-bond acceptors (Lipinski definition) is 3. The van der Waals surface area contributed by atoms with Gasteiger partial charge in [-0.3, -0.25) is 4.79 Å². The van der Waals surface area contributed by atoms with E-state index in [1.54, 1.807) is 7.11 Å². The maximum Gasteiger partial charge on any atom is 0.150 e. The summed E-state index contributed by atoms with van der Waals surface area (Å²) in [6.45, 7) is 0. The molecule has 0 bridgehead atoms. The molecule has 1 aliphatic rings. The molecule has 3 aromatic rings. The van der Waals surface area contributed by atoms with Crippen molar-refractivity contribution >= 4 is 12.0 Å². The maximum atomic E-state index is 12.1. The van der Waals surface area contributed by atoms with Gasteiger partial charge in [-0.05, 0) is 35.9 Å². The highest BCUT2D eigenvalue weighted by atomic mass is 16.5. The van der Waals surface area contributed by atoms with Crippen molar-refractivity contribution in [1.29, 1.82) is 0 Å². The number of ether oxygens (including phenoxy) is 2. The third-order valence-corrected chi connectivity index (χ3v) is 4.63. The Kier molecular flexibility index (Phi) is 4.28. The fourth-order valence-electron chi connectivity index (χ4n) is 3.37. The van der Waals surface area contributed by atoms with Crippen LogP contribution in [-0.4, -0.2) is 13.4 Å². The first-order valence-corrected chi connectivity index (χ1v) is 8.47. The molecule has 3 aromatic carbocycles. The van der Waals surface area contributed by atoms with E-state index in [9.17, 15) is 4.79 Å². The lowest BCUT2D eigenvalue weighted by atomic mass is 9.82. The molecule has 0 spiro atoms. The van der Waals surface area contributed by atoms with Gasteiger partial charge in [0.25, 0.3) is 0 Å². The quantitative estimate of drug-likeness (QED) is 0.637. The van der Waals surface area contributed by atoms with Crippen LogP contribution in [0.2, 0.25) is 0 Å². The molecule has 0 aromatic heterocycles. The van der Waals surface area contributed by atoms with Crippen molar-refractivity contribution in [1.82, 2.24) is 0 Å². The molecule has 4 rings (SSSR count). The van der Waals surface area contributed by atoms with Crippen molar-refractivity contribution < 1.29 is 14.3 Å². The third-order valence-electron chi connectivity index (χ3n) is 4.63. The summed E-state index contributed by atoms with van der Waals surface area (Å²) in [6, 6.07) is 25.5. The fraction of sp³-hybridized carbons (Fsp3) is 0.0870. The zero-order valence-corrected chi connectivity index (χ0v) is 14.4. The Morgan fingerprint density at radius 3 is 2.27 bits per heavy atom. The van der Waals surface area contributed by atoms with Crippen LogP contribution in [-0.2, 0) is 4.79 Å². The molecule has 0 aliphatic carbocycles. The number of methoxy groups -OCH3 is 1. The first kappa shape index (κ1) is 16.2. The van der Waals surface area contributed by atoms with Gasteiger partial charge in [0.05, 0.1) is 7.11 Å². The highest BCUT2D eigenvalue weighted by Crippen LogP contribution is 2.44. The van der Waals surface area contributed by atoms with E-state index in [1.807, 2.05) is 78.9 Å². The van der Waals surface area contributed by atoms with Gasteiger partial charge in [0, 0.05) is 22.6 Å². The number of carbonyl (C=O) groups excluding carboxylic acids is 1. The predicted molar refractivity (Wildman–Crippen MR) is 101 cm³/mol. The number of fused-ring (bicyclic) bond motifs is 1. The Morgan fingerprint density at radius 2 is 1.58 bits per heavy atom. The van der Waals surface area contributed by atoms with E-state index < -0.39 is 0 Å². The second kappa shape index (κ2) is 6.89. The number of carbonyl (C=O) groups is 1. The van der Waals surface area contributed by atoms with E-state index in [-0.39, 0.29) is 5.92 Å². The van der Waals surface area contributed by atoms with Crippen molar-refractivity contribution in [2.45, 2.75) is 5.92 Å². The molecular weight excluding hydrogens is 324 g/mol. The molecule has 0 amide bonds. The van der Waals surface area contributed by atoms with Crippen LogP contribution in [0.5, 0.6) is 11.5 Å². The lowest BCUT2D eigenvalue weighted by Crippen LogP contribution is -2.17. The molecule has 3 heteroatoms. The molecule has 1 aliphatic heterocycles. The van der Waals surface area contributed by atoms with Gasteiger partial charge in [0.2, 0.25) is 0 Å². The largest absolute Gasteiger partial charge is 0.497 e. The summed E-state index contributed by atoms with van der Waals surface area (Å²) in [6.07, 6.45) is 0.910. The van der Waals surface area contributed by atoms with E-state index in [1.165, 1.54) is 0 Å². The summed E-state index contributed by atoms with van der Waals surface area (Å²) in [5, 5.41) is 0. The highest BCUT2D eigenvalue weighted by Gasteiger charge is 2.31. The molecule has 0 fully saturated rings. The molecule has 1 heterocycles. The molecule has 0 N–H and O–H groups in total. The molecule has 0 radical (unpaired) electrons. The number of rotatable bonds is 4. The number of benzene rings is 3. The molecule has 128 valence electrons. The summed E-state index contributed by atoms with van der Waals surface area (Å²) in [4.78, 5) is 12.1. The Balaban J connectivity index is 1.91. The van der Waals surface area contributed by atoms with E-state index in [2.05, 4.69) is 0 Å².